The third kappa shape index (κ3) is 5.70. The van der Waals surface area contributed by atoms with E-state index in [0.29, 0.717) is 11.6 Å². The second-order valence-corrected chi connectivity index (χ2v) is 7.91. The monoisotopic (exact) mass is 418 g/mol. The van der Waals surface area contributed by atoms with Crippen molar-refractivity contribution in [3.05, 3.63) is 64.7 Å². The van der Waals surface area contributed by atoms with Gasteiger partial charge in [0.25, 0.3) is 0 Å². The molecule has 0 unspecified atom stereocenters. The molecule has 1 fully saturated rings. The quantitative estimate of drug-likeness (QED) is 0.568. The summed E-state index contributed by atoms with van der Waals surface area (Å²) in [6.07, 6.45) is -0.00720. The van der Waals surface area contributed by atoms with E-state index in [4.69, 9.17) is 16.3 Å². The first-order valence-corrected chi connectivity index (χ1v) is 10.0. The van der Waals surface area contributed by atoms with E-state index in [-0.39, 0.29) is 32.0 Å². The Bertz CT molecular complexity index is 830. The number of nitrogens with one attached hydrogen (secondary N) is 1. The van der Waals surface area contributed by atoms with Crippen LogP contribution < -0.4 is 10.1 Å². The molecular weight excluding hydrogens is 392 g/mol. The number of hydrogen-bond acceptors (Lipinski definition) is 5. The molecule has 3 rings (SSSR count). The normalized spacial score (nSPS) is 21.4. The number of hydrogen-bond donors (Lipinski definition) is 3. The van der Waals surface area contributed by atoms with Crippen molar-refractivity contribution in [3.8, 4) is 5.75 Å². The van der Waals surface area contributed by atoms with Crippen molar-refractivity contribution >= 4 is 17.5 Å². The van der Waals surface area contributed by atoms with Gasteiger partial charge in [-0.1, -0.05) is 35.9 Å². The summed E-state index contributed by atoms with van der Waals surface area (Å²) >= 11 is 5.87. The van der Waals surface area contributed by atoms with Crippen LogP contribution in [0.15, 0.2) is 48.5 Å². The fourth-order valence-electron chi connectivity index (χ4n) is 3.50. The van der Waals surface area contributed by atoms with Crippen LogP contribution in [0.2, 0.25) is 5.02 Å². The zero-order valence-corrected chi connectivity index (χ0v) is 17.2. The highest BCUT2D eigenvalue weighted by Gasteiger charge is 2.45. The Balaban J connectivity index is 1.48. The number of rotatable bonds is 8. The molecule has 7 heteroatoms. The average Bonchev–Trinajstić information content (AvgIpc) is 3.02. The van der Waals surface area contributed by atoms with Gasteiger partial charge in [0, 0.05) is 18.1 Å². The Kier molecular flexibility index (Phi) is 7.14. The predicted octanol–water partition coefficient (Wildman–Crippen LogP) is 1.66. The minimum atomic E-state index is -1.36. The second-order valence-electron chi connectivity index (χ2n) is 7.48. The first-order chi connectivity index (χ1) is 13.9. The standard InChI is InChI=1S/C22H27ClN2O4/c1-29-19-4-2-3-16(11-19)9-10-24-14-22(28)15-25(13-20(22)26)21(27)12-17-5-7-18(23)8-6-17/h2-8,11,20,24,26,28H,9-10,12-15H2,1H3/t20-,22+/m1/s1. The van der Waals surface area contributed by atoms with Crippen LogP contribution in [-0.4, -0.2) is 66.0 Å². The van der Waals surface area contributed by atoms with E-state index < -0.39 is 11.7 Å². The molecule has 0 aliphatic carbocycles. The predicted molar refractivity (Wildman–Crippen MR) is 112 cm³/mol. The van der Waals surface area contributed by atoms with Gasteiger partial charge in [0.15, 0.2) is 0 Å². The maximum Gasteiger partial charge on any atom is 0.227 e. The SMILES string of the molecule is COc1cccc(CCNC[C@]2(O)CN(C(=O)Cc3ccc(Cl)cc3)C[C@H]2O)c1. The first kappa shape index (κ1) is 21.6. The lowest BCUT2D eigenvalue weighted by Crippen LogP contribution is -2.50. The number of ether oxygens (including phenoxy) is 1. The molecule has 1 amide bonds. The molecule has 29 heavy (non-hydrogen) atoms. The number of nitrogens with zero attached hydrogens (tertiary/aromatic N) is 1. The molecule has 6 nitrogen and oxygen atoms in total. The molecular formula is C22H27ClN2O4. The second kappa shape index (κ2) is 9.59. The van der Waals surface area contributed by atoms with Crippen molar-refractivity contribution in [2.24, 2.45) is 0 Å². The number of β-amino-alcohol motifs (C(OH)–C–C–N with tert-alkyl or cyclic N) is 2. The number of benzene rings is 2. The molecule has 1 saturated heterocycles. The summed E-state index contributed by atoms with van der Waals surface area (Å²) in [6, 6.07) is 14.9. The van der Waals surface area contributed by atoms with Crippen molar-refractivity contribution in [3.63, 3.8) is 0 Å². The van der Waals surface area contributed by atoms with Crippen LogP contribution >= 0.6 is 11.6 Å². The van der Waals surface area contributed by atoms with E-state index in [1.165, 1.54) is 4.90 Å². The molecule has 156 valence electrons. The van der Waals surface area contributed by atoms with Gasteiger partial charge in [0.1, 0.15) is 17.5 Å². The van der Waals surface area contributed by atoms with E-state index in [1.807, 2.05) is 24.3 Å². The smallest absolute Gasteiger partial charge is 0.227 e. The van der Waals surface area contributed by atoms with E-state index in [9.17, 15) is 15.0 Å². The lowest BCUT2D eigenvalue weighted by molar-refractivity contribution is -0.130. The Hall–Kier alpha value is -2.12. The molecule has 1 aliphatic rings. The van der Waals surface area contributed by atoms with Crippen LogP contribution in [0.5, 0.6) is 5.75 Å². The number of halogens is 1. The van der Waals surface area contributed by atoms with E-state index in [2.05, 4.69) is 5.32 Å². The largest absolute Gasteiger partial charge is 0.497 e. The number of carbonyl (C=O) groups is 1. The fraction of sp³-hybridized carbons (Fsp3) is 0.409. The van der Waals surface area contributed by atoms with Crippen LogP contribution in [0.25, 0.3) is 0 Å². The van der Waals surface area contributed by atoms with Crippen molar-refractivity contribution in [1.82, 2.24) is 10.2 Å². The number of amides is 1. The van der Waals surface area contributed by atoms with E-state index >= 15 is 0 Å². The van der Waals surface area contributed by atoms with Gasteiger partial charge in [-0.05, 0) is 48.4 Å². The van der Waals surface area contributed by atoms with Crippen molar-refractivity contribution in [1.29, 1.82) is 0 Å². The highest BCUT2D eigenvalue weighted by atomic mass is 35.5. The molecule has 0 radical (unpaired) electrons. The molecule has 1 heterocycles. The topological polar surface area (TPSA) is 82.0 Å². The zero-order chi connectivity index (χ0) is 20.9. The van der Waals surface area contributed by atoms with E-state index in [1.54, 1.807) is 31.4 Å². The molecule has 0 spiro atoms. The summed E-state index contributed by atoms with van der Waals surface area (Å²) in [5, 5.41) is 25.0. The molecule has 2 aromatic rings. The van der Waals surface area contributed by atoms with Crippen LogP contribution in [0.1, 0.15) is 11.1 Å². The number of aliphatic hydroxyl groups is 2. The van der Waals surface area contributed by atoms with Gasteiger partial charge in [-0.25, -0.2) is 0 Å². The molecule has 2 aromatic carbocycles. The van der Waals surface area contributed by atoms with Gasteiger partial charge in [0.2, 0.25) is 5.91 Å². The Labute approximate surface area is 176 Å². The van der Waals surface area contributed by atoms with Crippen LogP contribution in [0.3, 0.4) is 0 Å². The Morgan fingerprint density at radius 3 is 2.76 bits per heavy atom. The van der Waals surface area contributed by atoms with Gasteiger partial charge in [-0.2, -0.15) is 0 Å². The fourth-order valence-corrected chi connectivity index (χ4v) is 3.62. The summed E-state index contributed by atoms with van der Waals surface area (Å²) in [5.74, 6) is 0.681. The number of carbonyl (C=O) groups excluding carboxylic acids is 1. The van der Waals surface area contributed by atoms with Crippen LogP contribution in [0, 0.1) is 0 Å². The maximum absolute atomic E-state index is 12.5. The number of aliphatic hydroxyl groups excluding tert-OH is 1. The van der Waals surface area contributed by atoms with Gasteiger partial charge < -0.3 is 25.2 Å². The third-order valence-corrected chi connectivity index (χ3v) is 5.51. The molecule has 0 aromatic heterocycles. The maximum atomic E-state index is 12.5. The summed E-state index contributed by atoms with van der Waals surface area (Å²) in [5.41, 5.74) is 0.612. The van der Waals surface area contributed by atoms with Gasteiger partial charge in [-0.15, -0.1) is 0 Å². The third-order valence-electron chi connectivity index (χ3n) is 5.26. The van der Waals surface area contributed by atoms with Crippen LogP contribution in [-0.2, 0) is 17.6 Å². The van der Waals surface area contributed by atoms with Crippen molar-refractivity contribution in [2.45, 2.75) is 24.5 Å². The zero-order valence-electron chi connectivity index (χ0n) is 16.5. The lowest BCUT2D eigenvalue weighted by atomic mass is 10.0. The highest BCUT2D eigenvalue weighted by Crippen LogP contribution is 2.23. The lowest BCUT2D eigenvalue weighted by Gasteiger charge is -2.26. The highest BCUT2D eigenvalue weighted by molar-refractivity contribution is 6.30. The van der Waals surface area contributed by atoms with Gasteiger partial charge >= 0.3 is 0 Å². The molecule has 0 bridgehead atoms. The number of methoxy groups -OCH3 is 1. The number of likely N-dealkylation sites (tertiary alicyclic amines) is 1. The van der Waals surface area contributed by atoms with E-state index in [0.717, 1.165) is 23.3 Å². The summed E-state index contributed by atoms with van der Waals surface area (Å²) in [4.78, 5) is 14.1. The van der Waals surface area contributed by atoms with Gasteiger partial charge in [0.05, 0.1) is 20.1 Å². The van der Waals surface area contributed by atoms with Crippen molar-refractivity contribution in [2.75, 3.05) is 33.3 Å². The summed E-state index contributed by atoms with van der Waals surface area (Å²) in [6.45, 7) is 1.08. The molecule has 3 N–H and O–H groups in total. The summed E-state index contributed by atoms with van der Waals surface area (Å²) < 4.78 is 5.22. The van der Waals surface area contributed by atoms with Crippen LogP contribution in [0.4, 0.5) is 0 Å². The van der Waals surface area contributed by atoms with Crippen molar-refractivity contribution < 1.29 is 19.7 Å². The Morgan fingerprint density at radius 1 is 1.28 bits per heavy atom. The molecule has 2 atom stereocenters. The average molecular weight is 419 g/mol. The first-order valence-electron chi connectivity index (χ1n) is 9.66. The summed E-state index contributed by atoms with van der Waals surface area (Å²) in [7, 11) is 1.63. The Morgan fingerprint density at radius 2 is 2.03 bits per heavy atom. The molecule has 0 saturated carbocycles. The minimum Gasteiger partial charge on any atom is -0.497 e. The molecule has 1 aliphatic heterocycles. The van der Waals surface area contributed by atoms with Gasteiger partial charge in [-0.3, -0.25) is 4.79 Å². The minimum absolute atomic E-state index is 0.104.